The standard InChI is InChI=1S/C8H14Br2N4O2S/c1-6(4-3-5-9)12-17(15,16)8-7(10)11-13-14(8)2/h6,12H,3-5H2,1-2H3. The second kappa shape index (κ2) is 6.26. The molecule has 0 spiro atoms. The van der Waals surface area contributed by atoms with Crippen LogP contribution in [0.2, 0.25) is 0 Å². The molecule has 1 aromatic rings. The number of nitrogens with one attached hydrogen (secondary N) is 1. The number of nitrogens with zero attached hydrogens (tertiary/aromatic N) is 3. The van der Waals surface area contributed by atoms with Gasteiger partial charge in [-0.2, -0.15) is 0 Å². The smallest absolute Gasteiger partial charge is 0.235 e. The van der Waals surface area contributed by atoms with Crippen molar-refractivity contribution in [3.63, 3.8) is 0 Å². The summed E-state index contributed by atoms with van der Waals surface area (Å²) in [4.78, 5) is 0. The summed E-state index contributed by atoms with van der Waals surface area (Å²) in [5.41, 5.74) is 0. The average molecular weight is 390 g/mol. The van der Waals surface area contributed by atoms with Crippen molar-refractivity contribution in [2.75, 3.05) is 5.33 Å². The largest absolute Gasteiger partial charge is 0.260 e. The molecule has 0 aliphatic rings. The number of rotatable bonds is 6. The van der Waals surface area contributed by atoms with Crippen LogP contribution < -0.4 is 4.72 Å². The van der Waals surface area contributed by atoms with Crippen molar-refractivity contribution in [1.82, 2.24) is 19.7 Å². The van der Waals surface area contributed by atoms with Crippen LogP contribution in [0.4, 0.5) is 0 Å². The summed E-state index contributed by atoms with van der Waals surface area (Å²) >= 11 is 6.39. The zero-order chi connectivity index (χ0) is 13.1. The molecular formula is C8H14Br2N4O2S. The highest BCUT2D eigenvalue weighted by Gasteiger charge is 2.25. The number of sulfonamides is 1. The lowest BCUT2D eigenvalue weighted by molar-refractivity contribution is 0.531. The van der Waals surface area contributed by atoms with Gasteiger partial charge in [-0.1, -0.05) is 21.1 Å². The van der Waals surface area contributed by atoms with Gasteiger partial charge in [0.05, 0.1) is 0 Å². The molecule has 0 saturated heterocycles. The highest BCUT2D eigenvalue weighted by atomic mass is 79.9. The summed E-state index contributed by atoms with van der Waals surface area (Å²) < 4.78 is 28.2. The number of hydrogen-bond acceptors (Lipinski definition) is 4. The molecule has 0 saturated carbocycles. The highest BCUT2D eigenvalue weighted by Crippen LogP contribution is 2.18. The van der Waals surface area contributed by atoms with Crippen LogP contribution in [0.25, 0.3) is 0 Å². The molecule has 9 heteroatoms. The summed E-state index contributed by atoms with van der Waals surface area (Å²) in [6.45, 7) is 1.83. The minimum absolute atomic E-state index is 0.0446. The molecule has 0 fully saturated rings. The zero-order valence-corrected chi connectivity index (χ0v) is 13.5. The van der Waals surface area contributed by atoms with E-state index in [9.17, 15) is 8.42 Å². The molecule has 0 aliphatic carbocycles. The first-order valence-corrected chi connectivity index (χ1v) is 8.41. The monoisotopic (exact) mass is 388 g/mol. The fourth-order valence-corrected chi connectivity index (χ4v) is 4.07. The third-order valence-corrected chi connectivity index (χ3v) is 5.16. The molecule has 1 aromatic heterocycles. The van der Waals surface area contributed by atoms with Crippen LogP contribution in [-0.4, -0.2) is 34.8 Å². The van der Waals surface area contributed by atoms with Crippen molar-refractivity contribution in [3.05, 3.63) is 4.60 Å². The molecule has 1 unspecified atom stereocenters. The molecule has 1 rings (SSSR count). The highest BCUT2D eigenvalue weighted by molar-refractivity contribution is 9.10. The topological polar surface area (TPSA) is 76.9 Å². The van der Waals surface area contributed by atoms with Gasteiger partial charge in [-0.3, -0.25) is 0 Å². The summed E-state index contributed by atoms with van der Waals surface area (Å²) in [6.07, 6.45) is 1.68. The van der Waals surface area contributed by atoms with E-state index in [0.717, 1.165) is 18.2 Å². The van der Waals surface area contributed by atoms with Crippen molar-refractivity contribution in [2.45, 2.75) is 30.8 Å². The van der Waals surface area contributed by atoms with Gasteiger partial charge in [0.2, 0.25) is 5.03 Å². The molecular weight excluding hydrogens is 376 g/mol. The minimum Gasteiger partial charge on any atom is -0.235 e. The molecule has 17 heavy (non-hydrogen) atoms. The van der Waals surface area contributed by atoms with E-state index >= 15 is 0 Å². The van der Waals surface area contributed by atoms with Crippen LogP contribution >= 0.6 is 31.9 Å². The molecule has 6 nitrogen and oxygen atoms in total. The summed E-state index contributed by atoms with van der Waals surface area (Å²) in [6, 6.07) is -0.126. The molecule has 1 atom stereocenters. The Balaban J connectivity index is 2.83. The van der Waals surface area contributed by atoms with E-state index in [4.69, 9.17) is 0 Å². The average Bonchev–Trinajstić information content (AvgIpc) is 2.55. The number of aryl methyl sites for hydroxylation is 1. The van der Waals surface area contributed by atoms with E-state index in [2.05, 4.69) is 46.9 Å². The van der Waals surface area contributed by atoms with Gasteiger partial charge < -0.3 is 0 Å². The molecule has 0 bridgehead atoms. The molecule has 0 aliphatic heterocycles. The van der Waals surface area contributed by atoms with E-state index in [1.165, 1.54) is 11.7 Å². The Morgan fingerprint density at radius 1 is 1.53 bits per heavy atom. The molecule has 0 amide bonds. The Hall–Kier alpha value is 0.0100. The molecule has 1 N–H and O–H groups in total. The van der Waals surface area contributed by atoms with Crippen molar-refractivity contribution in [2.24, 2.45) is 7.05 Å². The SMILES string of the molecule is CC(CCCBr)NS(=O)(=O)c1c(Br)nnn1C. The Kier molecular flexibility index (Phi) is 5.55. The predicted octanol–water partition coefficient (Wildman–Crippen LogP) is 1.42. The van der Waals surface area contributed by atoms with Gasteiger partial charge in [0.1, 0.15) is 0 Å². The first-order valence-electron chi connectivity index (χ1n) is 5.02. The number of hydrogen-bond donors (Lipinski definition) is 1. The molecule has 0 radical (unpaired) electrons. The Morgan fingerprint density at radius 2 is 2.18 bits per heavy atom. The van der Waals surface area contributed by atoms with E-state index in [1.54, 1.807) is 0 Å². The first kappa shape index (κ1) is 15.1. The first-order chi connectivity index (χ1) is 7.88. The van der Waals surface area contributed by atoms with Crippen LogP contribution in [0, 0.1) is 0 Å². The Bertz CT molecular complexity index is 454. The van der Waals surface area contributed by atoms with Gasteiger partial charge in [-0.25, -0.2) is 17.8 Å². The molecule has 1 heterocycles. The number of halogens is 2. The lowest BCUT2D eigenvalue weighted by atomic mass is 10.2. The second-order valence-electron chi connectivity index (χ2n) is 3.66. The van der Waals surface area contributed by atoms with Crippen LogP contribution in [0.5, 0.6) is 0 Å². The van der Waals surface area contributed by atoms with Gasteiger partial charge in [-0.15, -0.1) is 5.10 Å². The van der Waals surface area contributed by atoms with E-state index in [-0.39, 0.29) is 15.7 Å². The zero-order valence-electron chi connectivity index (χ0n) is 9.52. The molecule has 98 valence electrons. The van der Waals surface area contributed by atoms with Gasteiger partial charge >= 0.3 is 0 Å². The van der Waals surface area contributed by atoms with Gasteiger partial charge in [0, 0.05) is 18.4 Å². The fourth-order valence-electron chi connectivity index (χ4n) is 1.37. The van der Waals surface area contributed by atoms with E-state index in [0.29, 0.717) is 0 Å². The predicted molar refractivity (Wildman–Crippen MR) is 71.5 cm³/mol. The lowest BCUT2D eigenvalue weighted by Gasteiger charge is -2.13. The van der Waals surface area contributed by atoms with Crippen LogP contribution in [0.1, 0.15) is 19.8 Å². The lowest BCUT2D eigenvalue weighted by Crippen LogP contribution is -2.34. The van der Waals surface area contributed by atoms with Gasteiger partial charge in [-0.05, 0) is 35.7 Å². The number of alkyl halides is 1. The maximum atomic E-state index is 12.1. The van der Waals surface area contributed by atoms with Crippen molar-refractivity contribution in [1.29, 1.82) is 0 Å². The van der Waals surface area contributed by atoms with Crippen LogP contribution in [0.3, 0.4) is 0 Å². The summed E-state index contributed by atoms with van der Waals surface area (Å²) in [7, 11) is -2.04. The summed E-state index contributed by atoms with van der Waals surface area (Å²) in [5, 5.41) is 8.20. The Morgan fingerprint density at radius 3 is 2.65 bits per heavy atom. The summed E-state index contributed by atoms with van der Waals surface area (Å²) in [5.74, 6) is 0. The van der Waals surface area contributed by atoms with Crippen LogP contribution in [0.15, 0.2) is 9.63 Å². The Labute approximate surface area is 117 Å². The molecule has 0 aromatic carbocycles. The second-order valence-corrected chi connectivity index (χ2v) is 6.84. The maximum absolute atomic E-state index is 12.1. The fraction of sp³-hybridized carbons (Fsp3) is 0.750. The van der Waals surface area contributed by atoms with E-state index in [1.807, 2.05) is 6.92 Å². The normalized spacial score (nSPS) is 13.9. The van der Waals surface area contributed by atoms with Crippen molar-refractivity contribution >= 4 is 41.9 Å². The third kappa shape index (κ3) is 4.01. The third-order valence-electron chi connectivity index (χ3n) is 2.12. The minimum atomic E-state index is -3.58. The van der Waals surface area contributed by atoms with Crippen molar-refractivity contribution < 1.29 is 8.42 Å². The van der Waals surface area contributed by atoms with Crippen molar-refractivity contribution in [3.8, 4) is 0 Å². The van der Waals surface area contributed by atoms with E-state index < -0.39 is 10.0 Å². The maximum Gasteiger partial charge on any atom is 0.260 e. The van der Waals surface area contributed by atoms with Gasteiger partial charge in [0.15, 0.2) is 4.60 Å². The number of aromatic nitrogens is 3. The van der Waals surface area contributed by atoms with Gasteiger partial charge in [0.25, 0.3) is 10.0 Å². The quantitative estimate of drug-likeness (QED) is 0.746. The van der Waals surface area contributed by atoms with Crippen LogP contribution in [-0.2, 0) is 17.1 Å².